The van der Waals surface area contributed by atoms with E-state index in [9.17, 15) is 9.59 Å². The molecule has 4 atom stereocenters. The van der Waals surface area contributed by atoms with E-state index in [0.29, 0.717) is 36.5 Å². The minimum absolute atomic E-state index is 0. The molecular weight excluding hydrogens is 378 g/mol. The van der Waals surface area contributed by atoms with E-state index in [2.05, 4.69) is 13.8 Å². The maximum atomic E-state index is 10.1. The van der Waals surface area contributed by atoms with Crippen molar-refractivity contribution in [2.45, 2.75) is 38.5 Å². The van der Waals surface area contributed by atoms with Crippen molar-refractivity contribution in [3.63, 3.8) is 0 Å². The van der Waals surface area contributed by atoms with Crippen LogP contribution in [0.4, 0.5) is 0 Å². The monoisotopic (exact) mass is 400 g/mol. The van der Waals surface area contributed by atoms with Gasteiger partial charge in [0.15, 0.2) is 0 Å². The molecule has 2 fully saturated rings. The van der Waals surface area contributed by atoms with Crippen molar-refractivity contribution in [3.05, 3.63) is 13.8 Å². The van der Waals surface area contributed by atoms with E-state index in [0.717, 1.165) is 25.4 Å². The van der Waals surface area contributed by atoms with Crippen LogP contribution in [0, 0.1) is 37.5 Å². The molecule has 18 heavy (non-hydrogen) atoms. The van der Waals surface area contributed by atoms with Crippen LogP contribution < -0.4 is 0 Å². The van der Waals surface area contributed by atoms with Crippen molar-refractivity contribution in [2.75, 3.05) is 0 Å². The van der Waals surface area contributed by atoms with Gasteiger partial charge in [-0.25, -0.2) is 0 Å². The maximum absolute atomic E-state index is 10.1. The fourth-order valence-electron chi connectivity index (χ4n) is 2.14. The molecule has 0 aromatic heterocycles. The number of aldehydes is 2. The summed E-state index contributed by atoms with van der Waals surface area (Å²) in [4.78, 5) is 20.1. The molecule has 2 saturated carbocycles. The van der Waals surface area contributed by atoms with E-state index >= 15 is 0 Å². The van der Waals surface area contributed by atoms with Gasteiger partial charge in [-0.1, -0.05) is 12.8 Å². The van der Waals surface area contributed by atoms with Crippen molar-refractivity contribution >= 4 is 12.6 Å². The molecule has 0 heterocycles. The van der Waals surface area contributed by atoms with Crippen LogP contribution in [-0.4, -0.2) is 12.6 Å². The molecule has 2 aliphatic rings. The van der Waals surface area contributed by atoms with Gasteiger partial charge in [-0.3, -0.25) is 0 Å². The third-order valence-electron chi connectivity index (χ3n) is 3.95. The molecule has 2 rings (SSSR count). The fraction of sp³-hybridized carbons (Fsp3) is 0.714. The molecular formula is C14H22O2Y2-2. The zero-order chi connectivity index (χ0) is 12.0. The Kier molecular flexibility index (Phi) is 14.9. The summed E-state index contributed by atoms with van der Waals surface area (Å²) < 4.78 is 0. The fourth-order valence-corrected chi connectivity index (χ4v) is 2.14. The Balaban J connectivity index is 0. The largest absolute Gasteiger partial charge is 0.342 e. The molecule has 2 nitrogen and oxygen atoms in total. The van der Waals surface area contributed by atoms with Crippen LogP contribution in [0.1, 0.15) is 38.5 Å². The van der Waals surface area contributed by atoms with Gasteiger partial charge in [-0.2, -0.15) is 11.8 Å². The number of hydrogen-bond acceptors (Lipinski definition) is 2. The molecule has 0 saturated heterocycles. The second-order valence-corrected chi connectivity index (χ2v) is 5.00. The van der Waals surface area contributed by atoms with Crippen molar-refractivity contribution in [2.24, 2.45) is 23.7 Å². The molecule has 0 N–H and O–H groups in total. The predicted octanol–water partition coefficient (Wildman–Crippen LogP) is 2.87. The van der Waals surface area contributed by atoms with Crippen LogP contribution >= 0.6 is 0 Å². The van der Waals surface area contributed by atoms with Gasteiger partial charge < -0.3 is 23.4 Å². The minimum Gasteiger partial charge on any atom is -0.342 e. The zero-order valence-corrected chi connectivity index (χ0v) is 16.8. The molecule has 0 amide bonds. The van der Waals surface area contributed by atoms with Gasteiger partial charge in [-0.05, 0) is 24.7 Å². The van der Waals surface area contributed by atoms with Gasteiger partial charge in [0.25, 0.3) is 0 Å². The van der Waals surface area contributed by atoms with Gasteiger partial charge in [0, 0.05) is 78.3 Å². The Labute approximate surface area is 162 Å². The topological polar surface area (TPSA) is 34.1 Å². The minimum atomic E-state index is 0. The predicted molar refractivity (Wildman–Crippen MR) is 64.5 cm³/mol. The number of carbonyl (C=O) groups is 2. The van der Waals surface area contributed by atoms with E-state index in [4.69, 9.17) is 0 Å². The van der Waals surface area contributed by atoms with E-state index < -0.39 is 0 Å². The third-order valence-corrected chi connectivity index (χ3v) is 3.95. The molecule has 4 heteroatoms. The molecule has 0 spiro atoms. The first kappa shape index (κ1) is 21.8. The van der Waals surface area contributed by atoms with Crippen LogP contribution in [-0.2, 0) is 75.0 Å². The molecule has 0 aromatic carbocycles. The van der Waals surface area contributed by atoms with E-state index in [-0.39, 0.29) is 65.4 Å². The Morgan fingerprint density at radius 3 is 1.22 bits per heavy atom. The molecule has 0 aliphatic heterocycles. The summed E-state index contributed by atoms with van der Waals surface area (Å²) in [7, 11) is 0. The molecule has 0 bridgehead atoms. The van der Waals surface area contributed by atoms with Gasteiger partial charge in [-0.15, -0.1) is 0 Å². The first-order valence-corrected chi connectivity index (χ1v) is 6.22. The van der Waals surface area contributed by atoms with Crippen LogP contribution in [0.15, 0.2) is 0 Å². The number of carbonyl (C=O) groups excluding carboxylic acids is 2. The van der Waals surface area contributed by atoms with Crippen LogP contribution in [0.5, 0.6) is 0 Å². The Morgan fingerprint density at radius 2 is 1.11 bits per heavy atom. The van der Waals surface area contributed by atoms with Gasteiger partial charge in [0.05, 0.1) is 0 Å². The van der Waals surface area contributed by atoms with Gasteiger partial charge in [0.2, 0.25) is 0 Å². The first-order valence-electron chi connectivity index (χ1n) is 6.22. The van der Waals surface area contributed by atoms with E-state index in [1.54, 1.807) is 0 Å². The second kappa shape index (κ2) is 12.3. The van der Waals surface area contributed by atoms with Crippen molar-refractivity contribution < 1.29 is 75.0 Å². The Bertz CT molecular complexity index is 210. The SMILES string of the molecule is O=CCC1CCC1CC=O.[CH2-]C1CCC1[CH2-].[Y].[Y]. The maximum Gasteiger partial charge on any atom is 0.120 e. The summed E-state index contributed by atoms with van der Waals surface area (Å²) in [5.74, 6) is 2.38. The van der Waals surface area contributed by atoms with E-state index in [1.165, 1.54) is 12.8 Å². The number of rotatable bonds is 4. The van der Waals surface area contributed by atoms with Gasteiger partial charge >= 0.3 is 0 Å². The molecule has 4 unspecified atom stereocenters. The third kappa shape index (κ3) is 7.36. The summed E-state index contributed by atoms with van der Waals surface area (Å²) in [5.41, 5.74) is 0. The van der Waals surface area contributed by atoms with Crippen LogP contribution in [0.25, 0.3) is 0 Å². The van der Waals surface area contributed by atoms with Crippen molar-refractivity contribution in [1.82, 2.24) is 0 Å². The molecule has 98 valence electrons. The second-order valence-electron chi connectivity index (χ2n) is 5.00. The summed E-state index contributed by atoms with van der Waals surface area (Å²) in [5, 5.41) is 0. The number of hydrogen-bond donors (Lipinski definition) is 0. The summed E-state index contributed by atoms with van der Waals surface area (Å²) in [6, 6.07) is 0. The summed E-state index contributed by atoms with van der Waals surface area (Å²) in [6.07, 6.45) is 8.09. The average Bonchev–Trinajstić information content (AvgIpc) is 2.30. The standard InChI is InChI=1S/C8H12O2.C6H10.2Y/c9-5-3-7-1-2-8(7)4-6-10;1-5-3-4-6(5)2;;/h5-8H,1-4H2;5-6H,1-4H2;;/q;-2;;. The summed E-state index contributed by atoms with van der Waals surface area (Å²) >= 11 is 0. The Hall–Kier alpha value is 1.55. The molecule has 0 aromatic rings. The molecule has 2 radical (unpaired) electrons. The summed E-state index contributed by atoms with van der Waals surface area (Å²) in [6.45, 7) is 7.72. The first-order chi connectivity index (χ1) is 7.69. The van der Waals surface area contributed by atoms with Gasteiger partial charge in [0.1, 0.15) is 12.6 Å². The quantitative estimate of drug-likeness (QED) is 0.538. The van der Waals surface area contributed by atoms with Crippen molar-refractivity contribution in [3.8, 4) is 0 Å². The van der Waals surface area contributed by atoms with Crippen LogP contribution in [0.3, 0.4) is 0 Å². The van der Waals surface area contributed by atoms with E-state index in [1.807, 2.05) is 0 Å². The smallest absolute Gasteiger partial charge is 0.120 e. The Morgan fingerprint density at radius 1 is 0.778 bits per heavy atom. The molecule has 2 aliphatic carbocycles. The normalized spacial score (nSPS) is 32.1. The zero-order valence-electron chi connectivity index (χ0n) is 11.1. The average molecular weight is 400 g/mol. The van der Waals surface area contributed by atoms with Crippen molar-refractivity contribution in [1.29, 1.82) is 0 Å². The van der Waals surface area contributed by atoms with Crippen LogP contribution in [0.2, 0.25) is 0 Å².